The molecular formula is C7H13NO3. The van der Waals surface area contributed by atoms with E-state index in [0.717, 1.165) is 12.8 Å². The molecule has 0 aliphatic heterocycles. The van der Waals surface area contributed by atoms with E-state index in [9.17, 15) is 4.79 Å². The Morgan fingerprint density at radius 1 is 1.73 bits per heavy atom. The molecule has 64 valence electrons. The first-order valence-electron chi connectivity index (χ1n) is 3.71. The van der Waals surface area contributed by atoms with Crippen LogP contribution in [0.3, 0.4) is 0 Å². The number of nitrogens with zero attached hydrogens (tertiary/aromatic N) is 1. The van der Waals surface area contributed by atoms with Gasteiger partial charge in [0.05, 0.1) is 12.5 Å². The summed E-state index contributed by atoms with van der Waals surface area (Å²) in [6.45, 7) is 1.87. The van der Waals surface area contributed by atoms with Crippen LogP contribution in [0, 0.1) is 5.92 Å². The minimum atomic E-state index is -0.910. The van der Waals surface area contributed by atoms with Gasteiger partial charge in [-0.3, -0.25) is 9.63 Å². The normalized spacial score (nSPS) is 12.9. The van der Waals surface area contributed by atoms with Gasteiger partial charge in [0.25, 0.3) is 0 Å². The number of hydrogen-bond donors (Lipinski definition) is 1. The molecule has 0 fully saturated rings. The molecule has 2 radical (unpaired) electrons. The molecule has 0 saturated heterocycles. The van der Waals surface area contributed by atoms with Crippen LogP contribution in [0.5, 0.6) is 0 Å². The van der Waals surface area contributed by atoms with Crippen molar-refractivity contribution in [2.75, 3.05) is 6.61 Å². The van der Waals surface area contributed by atoms with Crippen molar-refractivity contribution in [2.45, 2.75) is 26.2 Å². The van der Waals surface area contributed by atoms with Crippen LogP contribution in [0.1, 0.15) is 26.2 Å². The number of unbranched alkanes of at least 4 members (excludes halogenated alkanes) is 1. The average molecular weight is 159 g/mol. The van der Waals surface area contributed by atoms with Crippen LogP contribution < -0.4 is 5.90 Å². The maximum Gasteiger partial charge on any atom is 0.308 e. The zero-order valence-electron chi connectivity index (χ0n) is 6.62. The Hall–Kier alpha value is -0.610. The Morgan fingerprint density at radius 3 is 2.73 bits per heavy atom. The molecule has 0 bridgehead atoms. The van der Waals surface area contributed by atoms with E-state index in [4.69, 9.17) is 11.0 Å². The second-order valence-electron chi connectivity index (χ2n) is 2.47. The molecule has 0 saturated carbocycles. The van der Waals surface area contributed by atoms with E-state index >= 15 is 0 Å². The maximum atomic E-state index is 10.4. The van der Waals surface area contributed by atoms with Crippen LogP contribution in [-0.4, -0.2) is 17.7 Å². The lowest BCUT2D eigenvalue weighted by Crippen LogP contribution is -2.19. The smallest absolute Gasteiger partial charge is 0.308 e. The predicted octanol–water partition coefficient (Wildman–Crippen LogP) is 0.878. The van der Waals surface area contributed by atoms with Gasteiger partial charge in [0, 0.05) is 5.90 Å². The lowest BCUT2D eigenvalue weighted by atomic mass is 10.0. The van der Waals surface area contributed by atoms with E-state index in [1.807, 2.05) is 6.92 Å². The highest BCUT2D eigenvalue weighted by atomic mass is 16.6. The average Bonchev–Trinajstić information content (AvgIpc) is 1.97. The van der Waals surface area contributed by atoms with Crippen LogP contribution in [-0.2, 0) is 9.63 Å². The van der Waals surface area contributed by atoms with Crippen molar-refractivity contribution < 1.29 is 14.7 Å². The zero-order valence-corrected chi connectivity index (χ0v) is 6.62. The summed E-state index contributed by atoms with van der Waals surface area (Å²) in [5.74, 6) is 6.54. The number of rotatable bonds is 6. The van der Waals surface area contributed by atoms with Gasteiger partial charge in [-0.15, -0.1) is 0 Å². The highest BCUT2D eigenvalue weighted by Crippen LogP contribution is 2.08. The van der Waals surface area contributed by atoms with Crippen LogP contribution in [0.2, 0.25) is 0 Å². The van der Waals surface area contributed by atoms with Gasteiger partial charge in [0.1, 0.15) is 0 Å². The summed E-state index contributed by atoms with van der Waals surface area (Å²) in [5.41, 5.74) is 0. The summed E-state index contributed by atoms with van der Waals surface area (Å²) >= 11 is 0. The largest absolute Gasteiger partial charge is 0.481 e. The number of hydrogen-bond acceptors (Lipinski definition) is 2. The predicted molar refractivity (Wildman–Crippen MR) is 38.7 cm³/mol. The zero-order chi connectivity index (χ0) is 8.69. The first-order valence-corrected chi connectivity index (χ1v) is 3.71. The van der Waals surface area contributed by atoms with Crippen LogP contribution in [0.4, 0.5) is 0 Å². The van der Waals surface area contributed by atoms with Gasteiger partial charge in [0.2, 0.25) is 0 Å². The fourth-order valence-electron chi connectivity index (χ4n) is 0.819. The quantitative estimate of drug-likeness (QED) is 0.585. The van der Waals surface area contributed by atoms with Gasteiger partial charge < -0.3 is 5.11 Å². The van der Waals surface area contributed by atoms with Gasteiger partial charge in [-0.05, 0) is 6.42 Å². The Balaban J connectivity index is 3.60. The Bertz CT molecular complexity index is 116. The van der Waals surface area contributed by atoms with E-state index < -0.39 is 11.9 Å². The maximum absolute atomic E-state index is 10.4. The molecule has 0 spiro atoms. The summed E-state index contributed by atoms with van der Waals surface area (Å²) in [6.07, 6.45) is 2.36. The summed E-state index contributed by atoms with van der Waals surface area (Å²) in [4.78, 5) is 14.2. The van der Waals surface area contributed by atoms with E-state index in [1.165, 1.54) is 0 Å². The summed E-state index contributed by atoms with van der Waals surface area (Å²) < 4.78 is 0. The van der Waals surface area contributed by atoms with Crippen molar-refractivity contribution in [1.82, 2.24) is 5.90 Å². The van der Waals surface area contributed by atoms with Crippen molar-refractivity contribution in [3.63, 3.8) is 0 Å². The third kappa shape index (κ3) is 4.75. The number of carboxylic acid groups (broad SMARTS) is 1. The van der Waals surface area contributed by atoms with E-state index in [2.05, 4.69) is 4.84 Å². The Kier molecular flexibility index (Phi) is 5.78. The highest BCUT2D eigenvalue weighted by molar-refractivity contribution is 5.70. The molecule has 0 aromatic rings. The van der Waals surface area contributed by atoms with Crippen LogP contribution in [0.15, 0.2) is 0 Å². The SMILES string of the molecule is CCCCC(CO[N])C(=O)O. The molecule has 0 aromatic heterocycles. The molecule has 1 unspecified atom stereocenters. The molecule has 0 heterocycles. The highest BCUT2D eigenvalue weighted by Gasteiger charge is 2.16. The van der Waals surface area contributed by atoms with Crippen molar-refractivity contribution in [1.29, 1.82) is 0 Å². The lowest BCUT2D eigenvalue weighted by molar-refractivity contribution is -0.144. The molecule has 0 aromatic carbocycles. The van der Waals surface area contributed by atoms with Crippen LogP contribution >= 0.6 is 0 Å². The van der Waals surface area contributed by atoms with E-state index in [-0.39, 0.29) is 6.61 Å². The van der Waals surface area contributed by atoms with Gasteiger partial charge in [-0.25, -0.2) is 0 Å². The Labute approximate surface area is 66.3 Å². The molecule has 1 atom stereocenters. The topological polar surface area (TPSA) is 68.8 Å². The first kappa shape index (κ1) is 10.4. The molecule has 0 rings (SSSR count). The third-order valence-electron chi connectivity index (χ3n) is 1.53. The van der Waals surface area contributed by atoms with Crippen LogP contribution in [0.25, 0.3) is 0 Å². The number of carboxylic acids is 1. The Morgan fingerprint density at radius 2 is 2.36 bits per heavy atom. The summed E-state index contributed by atoms with van der Waals surface area (Å²) in [7, 11) is 0. The van der Waals surface area contributed by atoms with Crippen molar-refractivity contribution in [3.8, 4) is 0 Å². The summed E-state index contributed by atoms with van der Waals surface area (Å²) in [5, 5.41) is 8.54. The molecule has 11 heavy (non-hydrogen) atoms. The van der Waals surface area contributed by atoms with Crippen molar-refractivity contribution in [3.05, 3.63) is 0 Å². The van der Waals surface area contributed by atoms with Gasteiger partial charge in [0.15, 0.2) is 0 Å². The van der Waals surface area contributed by atoms with Crippen molar-refractivity contribution in [2.24, 2.45) is 5.92 Å². The minimum absolute atomic E-state index is 0.116. The second kappa shape index (κ2) is 6.12. The summed E-state index contributed by atoms with van der Waals surface area (Å²) in [6, 6.07) is 0. The van der Waals surface area contributed by atoms with E-state index in [0.29, 0.717) is 6.42 Å². The molecule has 4 nitrogen and oxygen atoms in total. The third-order valence-corrected chi connectivity index (χ3v) is 1.53. The standard InChI is InChI=1S/C7H13NO3/c1-2-3-4-6(5-11-8)7(9)10/h6H,2-5H2,1H3,(H,9,10). The van der Waals surface area contributed by atoms with Gasteiger partial charge in [-0.2, -0.15) is 0 Å². The molecule has 0 aliphatic rings. The van der Waals surface area contributed by atoms with Gasteiger partial charge >= 0.3 is 5.97 Å². The first-order chi connectivity index (χ1) is 5.22. The fraction of sp³-hybridized carbons (Fsp3) is 0.857. The van der Waals surface area contributed by atoms with Crippen molar-refractivity contribution >= 4 is 5.97 Å². The fourth-order valence-corrected chi connectivity index (χ4v) is 0.819. The lowest BCUT2D eigenvalue weighted by Gasteiger charge is -2.07. The molecule has 4 heteroatoms. The molecule has 0 amide bonds. The van der Waals surface area contributed by atoms with E-state index in [1.54, 1.807) is 0 Å². The monoisotopic (exact) mass is 159 g/mol. The number of carbonyl (C=O) groups is 1. The molecular weight excluding hydrogens is 146 g/mol. The second-order valence-corrected chi connectivity index (χ2v) is 2.47. The molecule has 1 N–H and O–H groups in total. The minimum Gasteiger partial charge on any atom is -0.481 e. The molecule has 0 aliphatic carbocycles. The van der Waals surface area contributed by atoms with Gasteiger partial charge in [-0.1, -0.05) is 19.8 Å². The number of aliphatic carboxylic acids is 1.